The topological polar surface area (TPSA) is 109 Å². The number of ether oxygens (including phenoxy) is 7. The van der Waals surface area contributed by atoms with E-state index in [1.807, 2.05) is 23.2 Å². The van der Waals surface area contributed by atoms with Gasteiger partial charge in [0, 0.05) is 52.6 Å². The van der Waals surface area contributed by atoms with Gasteiger partial charge in [0.1, 0.15) is 17.7 Å². The Labute approximate surface area is 498 Å². The van der Waals surface area contributed by atoms with Crippen molar-refractivity contribution in [2.45, 2.75) is 199 Å². The number of rotatable bonds is 28. The molecule has 4 aromatic rings. The second-order valence-electron chi connectivity index (χ2n) is 24.6. The molecule has 1 aromatic heterocycles. The van der Waals surface area contributed by atoms with Crippen LogP contribution in [0.15, 0.2) is 136 Å². The van der Waals surface area contributed by atoms with E-state index in [1.54, 1.807) is 34.7 Å². The average Bonchev–Trinajstić information content (AvgIpc) is 4.06. The van der Waals surface area contributed by atoms with Crippen LogP contribution in [-0.2, 0) is 50.3 Å². The monoisotopic (exact) mass is 1210 g/mol. The first-order valence-corrected chi connectivity index (χ1v) is 34.4. The maximum atomic E-state index is 7.65. The number of nitrogens with zero attached hydrogens (tertiary/aromatic N) is 1. The molecule has 14 heteroatoms. The minimum Gasteiger partial charge on any atom is -0.497 e. The van der Waals surface area contributed by atoms with E-state index >= 15 is 0 Å². The van der Waals surface area contributed by atoms with Gasteiger partial charge in [-0.1, -0.05) is 195 Å². The Kier molecular flexibility index (Phi) is 24.9. The molecule has 2 saturated heterocycles. The van der Waals surface area contributed by atoms with Crippen molar-refractivity contribution < 1.29 is 46.4 Å². The Hall–Kier alpha value is -3.78. The molecule has 6 rings (SSSR count). The van der Waals surface area contributed by atoms with E-state index in [0.29, 0.717) is 60.7 Å². The molecule has 11 nitrogen and oxygen atoms in total. The normalized spacial score (nSPS) is 24.5. The minimum absolute atomic E-state index is 0.00929. The molecule has 3 aromatic carbocycles. The first-order valence-electron chi connectivity index (χ1n) is 29.5. The van der Waals surface area contributed by atoms with Crippen LogP contribution in [0.3, 0.4) is 0 Å². The molecule has 0 amide bonds. The fraction of sp³-hybridized carbons (Fsp3) is 0.567. The Bertz CT molecular complexity index is 2570. The lowest BCUT2D eigenvalue weighted by molar-refractivity contribution is -0.297. The number of hydrogen-bond acceptors (Lipinski definition) is 11. The van der Waals surface area contributed by atoms with Crippen LogP contribution in [-0.4, -0.2) is 105 Å². The van der Waals surface area contributed by atoms with Gasteiger partial charge < -0.3 is 46.4 Å². The van der Waals surface area contributed by atoms with Crippen LogP contribution in [0.5, 0.6) is 5.75 Å². The smallest absolute Gasteiger partial charge is 0.261 e. The van der Waals surface area contributed by atoms with Gasteiger partial charge in [-0.3, -0.25) is 0 Å². The fourth-order valence-corrected chi connectivity index (χ4v) is 23.4. The van der Waals surface area contributed by atoms with Crippen LogP contribution in [0.2, 0.25) is 21.7 Å². The molecule has 3 heterocycles. The summed E-state index contributed by atoms with van der Waals surface area (Å²) in [6.45, 7) is 30.6. The number of benzene rings is 3. The molecule has 0 saturated carbocycles. The molecule has 446 valence electrons. The van der Waals surface area contributed by atoms with Gasteiger partial charge in [0.05, 0.1) is 62.9 Å². The van der Waals surface area contributed by atoms with E-state index < -0.39 is 28.5 Å². The van der Waals surface area contributed by atoms with E-state index in [1.165, 1.54) is 10.4 Å². The highest BCUT2D eigenvalue weighted by Crippen LogP contribution is 2.46. The molecule has 10 atom stereocenters. The highest BCUT2D eigenvalue weighted by atomic mass is 79.9. The van der Waals surface area contributed by atoms with Crippen LogP contribution in [0.25, 0.3) is 6.08 Å². The van der Waals surface area contributed by atoms with Gasteiger partial charge in [-0.15, -0.1) is 0 Å². The van der Waals surface area contributed by atoms with Crippen molar-refractivity contribution in [1.82, 2.24) is 4.98 Å². The van der Waals surface area contributed by atoms with E-state index in [-0.39, 0.29) is 59.9 Å². The molecular weight excluding hydrogens is 1110 g/mol. The largest absolute Gasteiger partial charge is 0.497 e. The summed E-state index contributed by atoms with van der Waals surface area (Å²) in [4.78, 5) is 6.97. The number of methoxy groups -OCH3 is 4. The minimum atomic E-state index is -2.79. The lowest BCUT2D eigenvalue weighted by atomic mass is 9.79. The van der Waals surface area contributed by atoms with Crippen molar-refractivity contribution in [3.8, 4) is 5.75 Å². The number of aromatic nitrogens is 1. The molecule has 2 unspecified atom stereocenters. The predicted molar refractivity (Wildman–Crippen MR) is 338 cm³/mol. The average molecular weight is 1210 g/mol. The van der Waals surface area contributed by atoms with Crippen LogP contribution >= 0.6 is 15.9 Å². The van der Waals surface area contributed by atoms with Gasteiger partial charge in [0.15, 0.2) is 11.7 Å². The maximum absolute atomic E-state index is 7.65. The van der Waals surface area contributed by atoms with Gasteiger partial charge in [0.2, 0.25) is 8.32 Å². The SMILES string of the molecule is COc1ccc(CO[C@@H]2[C@@H](C)[C@H](/C(C)=C/c3coc(C[C@]4(OC)C[C@H](OC)CC([C@@H](/C=C(C)/C=C/[C@@H](C/C=C/Br)OC)O[Si](C(C)C)(C(C)C)C(C)C)O4)n3)OC(CCO[Si](c3ccccc3)(c3ccccc3)C(C)(C)C)[C@@H]2C)cc1. The third-order valence-electron chi connectivity index (χ3n) is 17.3. The summed E-state index contributed by atoms with van der Waals surface area (Å²) >= 11 is 3.40. The van der Waals surface area contributed by atoms with Crippen LogP contribution < -0.4 is 15.1 Å². The zero-order valence-electron chi connectivity index (χ0n) is 51.9. The molecular formula is C67H98BrNO10Si2. The standard InChI is InChI=1S/C67H98BrNO10Si2/c1-46(2)80(47(3)4,48(5)6)79-62(39-49(7)30-33-55(70-14)25-24-37-68)61-41-57(72-16)42-67(73-17,78-61)43-63-69-54(45-74-63)40-50(8)64-52(10)65(75-44-53-31-34-56(71-15)35-32-53)51(9)60(77-64)36-38-76-81(66(11,12)13,58-26-20-18-21-27-58)59-28-22-19-23-29-59/h18-24,26-35,37,39-40,45-48,51-52,55,57,60-62,64-65H,25,36,38,41-44H2,1-17H3/b33-30+,37-24+,49-39+,50-40+/t51-,52-,55+,57+,60?,61?,62+,64-,65-,67-/m0/s1. The summed E-state index contributed by atoms with van der Waals surface area (Å²) in [6.07, 6.45) is 13.6. The first-order chi connectivity index (χ1) is 38.6. The van der Waals surface area contributed by atoms with Crippen LogP contribution in [0.1, 0.15) is 133 Å². The molecule has 0 spiro atoms. The molecule has 81 heavy (non-hydrogen) atoms. The van der Waals surface area contributed by atoms with Crippen LogP contribution in [0.4, 0.5) is 0 Å². The zero-order valence-corrected chi connectivity index (χ0v) is 55.5. The second-order valence-corrected chi connectivity index (χ2v) is 34.8. The third kappa shape index (κ3) is 16.4. The molecule has 0 bridgehead atoms. The zero-order chi connectivity index (χ0) is 59.1. The maximum Gasteiger partial charge on any atom is 0.261 e. The summed E-state index contributed by atoms with van der Waals surface area (Å²) in [6, 6.07) is 29.8. The molecule has 2 fully saturated rings. The number of halogens is 1. The molecule has 2 aliphatic rings. The summed E-state index contributed by atoms with van der Waals surface area (Å²) in [5.41, 5.74) is 4.94. The Morgan fingerprint density at radius 1 is 0.852 bits per heavy atom. The summed E-state index contributed by atoms with van der Waals surface area (Å²) < 4.78 is 66.9. The Morgan fingerprint density at radius 2 is 1.48 bits per heavy atom. The third-order valence-corrected chi connectivity index (χ3v) is 28.8. The van der Waals surface area contributed by atoms with E-state index in [0.717, 1.165) is 28.9 Å². The Balaban J connectivity index is 1.29. The highest BCUT2D eigenvalue weighted by molar-refractivity contribution is 9.11. The number of allylic oxidation sites excluding steroid dienone is 2. The van der Waals surface area contributed by atoms with Crippen LogP contribution in [0, 0.1) is 11.8 Å². The summed E-state index contributed by atoms with van der Waals surface area (Å²) in [5.74, 6) is 0.285. The van der Waals surface area contributed by atoms with Crippen molar-refractivity contribution in [2.75, 3.05) is 35.0 Å². The number of oxazole rings is 1. The highest BCUT2D eigenvalue weighted by Gasteiger charge is 2.53. The summed E-state index contributed by atoms with van der Waals surface area (Å²) in [5, 5.41) is 2.36. The van der Waals surface area contributed by atoms with E-state index in [9.17, 15) is 0 Å². The van der Waals surface area contributed by atoms with Crippen molar-refractivity contribution in [3.63, 3.8) is 0 Å². The lowest BCUT2D eigenvalue weighted by Crippen LogP contribution is -2.66. The molecule has 0 N–H and O–H groups in total. The van der Waals surface area contributed by atoms with Crippen molar-refractivity contribution in [3.05, 3.63) is 149 Å². The Morgan fingerprint density at radius 3 is 2.02 bits per heavy atom. The summed E-state index contributed by atoms with van der Waals surface area (Å²) in [7, 11) is 1.68. The molecule has 0 aliphatic carbocycles. The predicted octanol–water partition coefficient (Wildman–Crippen LogP) is 15.1. The molecule has 0 radical (unpaired) electrons. The quantitative estimate of drug-likeness (QED) is 0.0401. The van der Waals surface area contributed by atoms with E-state index in [2.05, 4.69) is 203 Å². The van der Waals surface area contributed by atoms with Gasteiger partial charge in [-0.05, 0) is 93.1 Å². The number of hydrogen-bond donors (Lipinski definition) is 0. The van der Waals surface area contributed by atoms with E-state index in [4.69, 9.17) is 51.4 Å². The molecule has 2 aliphatic heterocycles. The van der Waals surface area contributed by atoms with Crippen molar-refractivity contribution >= 4 is 49.0 Å². The second kappa shape index (κ2) is 30.3. The van der Waals surface area contributed by atoms with Crippen molar-refractivity contribution in [2.24, 2.45) is 11.8 Å². The lowest BCUT2D eigenvalue weighted by Gasteiger charge is -2.49. The van der Waals surface area contributed by atoms with Gasteiger partial charge in [-0.2, -0.15) is 0 Å². The van der Waals surface area contributed by atoms with Crippen molar-refractivity contribution in [1.29, 1.82) is 0 Å². The van der Waals surface area contributed by atoms with Gasteiger partial charge in [-0.25, -0.2) is 4.98 Å². The first kappa shape index (κ1) is 66.4. The fourth-order valence-electron chi connectivity index (χ4n) is 13.1. The van der Waals surface area contributed by atoms with Gasteiger partial charge >= 0.3 is 0 Å². The van der Waals surface area contributed by atoms with Gasteiger partial charge in [0.25, 0.3) is 8.32 Å².